The smallest absolute Gasteiger partial charge is 0.161 e. The van der Waals surface area contributed by atoms with Gasteiger partial charge in [-0.3, -0.25) is 0 Å². The van der Waals surface area contributed by atoms with Crippen LogP contribution in [-0.2, 0) is 5.60 Å². The molecule has 20 heavy (non-hydrogen) atoms. The standard InChI is InChI=1S/C16H25NO3/c1-5-19-14-8-7-13(9-15(14)20-6-2)16(18)10-12(3)17(4)11-16/h7-9,12,18H,5-6,10-11H2,1-4H3. The Balaban J connectivity index is 2.31. The van der Waals surface area contributed by atoms with Crippen molar-refractivity contribution in [1.82, 2.24) is 4.90 Å². The highest BCUT2D eigenvalue weighted by Crippen LogP contribution is 2.39. The molecule has 1 saturated heterocycles. The van der Waals surface area contributed by atoms with Crippen LogP contribution in [0.2, 0.25) is 0 Å². The SMILES string of the molecule is CCOc1ccc(C2(O)CC(C)N(C)C2)cc1OCC. The number of likely N-dealkylation sites (tertiary alicyclic amines) is 1. The Hall–Kier alpha value is -1.26. The summed E-state index contributed by atoms with van der Waals surface area (Å²) in [6, 6.07) is 6.13. The molecule has 4 nitrogen and oxygen atoms in total. The molecule has 0 bridgehead atoms. The minimum Gasteiger partial charge on any atom is -0.490 e. The van der Waals surface area contributed by atoms with Crippen LogP contribution in [0.15, 0.2) is 18.2 Å². The first-order valence-electron chi connectivity index (χ1n) is 7.33. The van der Waals surface area contributed by atoms with Crippen molar-refractivity contribution < 1.29 is 14.6 Å². The molecule has 1 fully saturated rings. The van der Waals surface area contributed by atoms with E-state index in [-0.39, 0.29) is 0 Å². The topological polar surface area (TPSA) is 41.9 Å². The largest absolute Gasteiger partial charge is 0.490 e. The van der Waals surface area contributed by atoms with E-state index < -0.39 is 5.60 Å². The molecule has 0 aromatic heterocycles. The van der Waals surface area contributed by atoms with E-state index in [0.29, 0.717) is 31.5 Å². The van der Waals surface area contributed by atoms with Gasteiger partial charge in [-0.1, -0.05) is 6.07 Å². The Morgan fingerprint density at radius 2 is 1.90 bits per heavy atom. The van der Waals surface area contributed by atoms with E-state index in [9.17, 15) is 5.11 Å². The predicted molar refractivity (Wildman–Crippen MR) is 79.4 cm³/mol. The summed E-state index contributed by atoms with van der Waals surface area (Å²) < 4.78 is 11.2. The van der Waals surface area contributed by atoms with Gasteiger partial charge in [-0.2, -0.15) is 0 Å². The average molecular weight is 279 g/mol. The summed E-state index contributed by atoms with van der Waals surface area (Å²) in [6.45, 7) is 7.86. The average Bonchev–Trinajstić information content (AvgIpc) is 2.67. The first-order chi connectivity index (χ1) is 9.50. The van der Waals surface area contributed by atoms with E-state index in [1.54, 1.807) is 0 Å². The van der Waals surface area contributed by atoms with Crippen molar-refractivity contribution in [3.63, 3.8) is 0 Å². The van der Waals surface area contributed by atoms with Crippen LogP contribution in [0, 0.1) is 0 Å². The van der Waals surface area contributed by atoms with E-state index in [1.807, 2.05) is 39.1 Å². The summed E-state index contributed by atoms with van der Waals surface area (Å²) in [5, 5.41) is 10.9. The minimum atomic E-state index is -0.801. The number of nitrogens with zero attached hydrogens (tertiary/aromatic N) is 1. The lowest BCUT2D eigenvalue weighted by atomic mass is 9.91. The lowest BCUT2D eigenvalue weighted by Gasteiger charge is -2.24. The Morgan fingerprint density at radius 3 is 2.45 bits per heavy atom. The first-order valence-corrected chi connectivity index (χ1v) is 7.33. The molecule has 2 rings (SSSR count). The highest BCUT2D eigenvalue weighted by atomic mass is 16.5. The van der Waals surface area contributed by atoms with Crippen molar-refractivity contribution in [2.45, 2.75) is 38.8 Å². The zero-order valence-corrected chi connectivity index (χ0v) is 12.8. The Bertz CT molecular complexity index is 451. The fraction of sp³-hybridized carbons (Fsp3) is 0.625. The van der Waals surface area contributed by atoms with Gasteiger partial charge in [0.1, 0.15) is 5.60 Å². The molecule has 1 aliphatic heterocycles. The van der Waals surface area contributed by atoms with Gasteiger partial charge in [-0.15, -0.1) is 0 Å². The van der Waals surface area contributed by atoms with E-state index >= 15 is 0 Å². The third-order valence-electron chi connectivity index (χ3n) is 3.98. The lowest BCUT2D eigenvalue weighted by molar-refractivity contribution is 0.0482. The first kappa shape index (κ1) is 15.1. The van der Waals surface area contributed by atoms with Crippen molar-refractivity contribution >= 4 is 0 Å². The zero-order valence-electron chi connectivity index (χ0n) is 12.8. The van der Waals surface area contributed by atoms with Gasteiger partial charge in [0.25, 0.3) is 0 Å². The molecule has 1 aliphatic rings. The normalized spacial score (nSPS) is 26.8. The lowest BCUT2D eigenvalue weighted by Crippen LogP contribution is -2.29. The Kier molecular flexibility index (Phi) is 4.55. The Labute approximate surface area is 121 Å². The minimum absolute atomic E-state index is 0.377. The van der Waals surface area contributed by atoms with Gasteiger partial charge in [0.2, 0.25) is 0 Å². The van der Waals surface area contributed by atoms with Crippen molar-refractivity contribution in [2.75, 3.05) is 26.8 Å². The second-order valence-electron chi connectivity index (χ2n) is 5.53. The highest BCUT2D eigenvalue weighted by molar-refractivity contribution is 5.45. The van der Waals surface area contributed by atoms with Crippen molar-refractivity contribution in [2.24, 2.45) is 0 Å². The molecular formula is C16H25NO3. The van der Waals surface area contributed by atoms with Gasteiger partial charge in [-0.25, -0.2) is 0 Å². The molecule has 1 heterocycles. The second kappa shape index (κ2) is 6.02. The monoisotopic (exact) mass is 279 g/mol. The molecule has 0 aliphatic carbocycles. The number of likely N-dealkylation sites (N-methyl/N-ethyl adjacent to an activating group) is 1. The quantitative estimate of drug-likeness (QED) is 0.898. The number of benzene rings is 1. The van der Waals surface area contributed by atoms with E-state index in [0.717, 1.165) is 17.7 Å². The number of hydrogen-bond acceptors (Lipinski definition) is 4. The molecule has 0 spiro atoms. The van der Waals surface area contributed by atoms with Crippen LogP contribution in [0.5, 0.6) is 11.5 Å². The summed E-state index contributed by atoms with van der Waals surface area (Å²) >= 11 is 0. The maximum absolute atomic E-state index is 10.9. The van der Waals surface area contributed by atoms with Crippen molar-refractivity contribution in [1.29, 1.82) is 0 Å². The molecule has 1 aromatic carbocycles. The van der Waals surface area contributed by atoms with Crippen LogP contribution >= 0.6 is 0 Å². The zero-order chi connectivity index (χ0) is 14.8. The van der Waals surface area contributed by atoms with Gasteiger partial charge >= 0.3 is 0 Å². The third kappa shape index (κ3) is 2.91. The van der Waals surface area contributed by atoms with Crippen LogP contribution < -0.4 is 9.47 Å². The van der Waals surface area contributed by atoms with Crippen LogP contribution in [0.4, 0.5) is 0 Å². The molecule has 0 radical (unpaired) electrons. The van der Waals surface area contributed by atoms with Crippen molar-refractivity contribution in [3.8, 4) is 11.5 Å². The molecule has 112 valence electrons. The fourth-order valence-corrected chi connectivity index (χ4v) is 2.83. The number of β-amino-alcohol motifs (C(OH)–C–C–N with tert-alkyl or cyclic N) is 1. The number of ether oxygens (including phenoxy) is 2. The molecule has 0 saturated carbocycles. The maximum Gasteiger partial charge on any atom is 0.161 e. The van der Waals surface area contributed by atoms with Crippen molar-refractivity contribution in [3.05, 3.63) is 23.8 Å². The second-order valence-corrected chi connectivity index (χ2v) is 5.53. The molecule has 1 N–H and O–H groups in total. The summed E-state index contributed by atoms with van der Waals surface area (Å²) in [7, 11) is 2.04. The van der Waals surface area contributed by atoms with Gasteiger partial charge < -0.3 is 19.5 Å². The third-order valence-corrected chi connectivity index (χ3v) is 3.98. The highest BCUT2D eigenvalue weighted by Gasteiger charge is 2.40. The molecule has 4 heteroatoms. The molecule has 0 amide bonds. The van der Waals surface area contributed by atoms with Gasteiger partial charge in [-0.05, 0) is 51.9 Å². The van der Waals surface area contributed by atoms with E-state index in [4.69, 9.17) is 9.47 Å². The predicted octanol–water partition coefficient (Wildman–Crippen LogP) is 2.40. The van der Waals surface area contributed by atoms with Gasteiger partial charge in [0.15, 0.2) is 11.5 Å². The van der Waals surface area contributed by atoms with Crippen LogP contribution in [0.25, 0.3) is 0 Å². The molecule has 2 unspecified atom stereocenters. The van der Waals surface area contributed by atoms with Gasteiger partial charge in [0, 0.05) is 12.6 Å². The van der Waals surface area contributed by atoms with Crippen LogP contribution in [0.3, 0.4) is 0 Å². The molecule has 1 aromatic rings. The van der Waals surface area contributed by atoms with Crippen LogP contribution in [-0.4, -0.2) is 42.9 Å². The van der Waals surface area contributed by atoms with Crippen LogP contribution in [0.1, 0.15) is 32.8 Å². The summed E-state index contributed by atoms with van der Waals surface area (Å²) in [5.74, 6) is 1.45. The van der Waals surface area contributed by atoms with E-state index in [2.05, 4.69) is 11.8 Å². The number of hydrogen-bond donors (Lipinski definition) is 1. The fourth-order valence-electron chi connectivity index (χ4n) is 2.83. The summed E-state index contributed by atoms with van der Waals surface area (Å²) in [6.07, 6.45) is 0.739. The number of aliphatic hydroxyl groups is 1. The molecular weight excluding hydrogens is 254 g/mol. The number of rotatable bonds is 5. The van der Waals surface area contributed by atoms with E-state index in [1.165, 1.54) is 0 Å². The summed E-state index contributed by atoms with van der Waals surface area (Å²) in [5.41, 5.74) is 0.103. The maximum atomic E-state index is 10.9. The summed E-state index contributed by atoms with van der Waals surface area (Å²) in [4.78, 5) is 2.18. The Morgan fingerprint density at radius 1 is 1.25 bits per heavy atom. The molecule has 2 atom stereocenters. The van der Waals surface area contributed by atoms with Gasteiger partial charge in [0.05, 0.1) is 13.2 Å².